The summed E-state index contributed by atoms with van der Waals surface area (Å²) in [6.07, 6.45) is -1.95. The molecule has 1 aliphatic heterocycles. The number of carbonyl (C=O) groups is 3. The van der Waals surface area contributed by atoms with Gasteiger partial charge in [-0.05, 0) is 6.42 Å². The van der Waals surface area contributed by atoms with E-state index < -0.39 is 42.0 Å². The van der Waals surface area contributed by atoms with E-state index in [4.69, 9.17) is 23.7 Å². The Morgan fingerprint density at radius 3 is 2.05 bits per heavy atom. The first-order chi connectivity index (χ1) is 10.3. The Morgan fingerprint density at radius 1 is 1.05 bits per heavy atom. The zero-order chi connectivity index (χ0) is 16.9. The van der Waals surface area contributed by atoms with Gasteiger partial charge in [-0.15, -0.1) is 0 Å². The molecule has 0 N–H and O–H groups in total. The fraction of sp³-hybridized carbons (Fsp3) is 0.786. The fourth-order valence-corrected chi connectivity index (χ4v) is 2.36. The van der Waals surface area contributed by atoms with Crippen LogP contribution in [-0.4, -0.2) is 55.7 Å². The minimum absolute atomic E-state index is 0.287. The second-order valence-electron chi connectivity index (χ2n) is 4.96. The zero-order valence-electron chi connectivity index (χ0n) is 13.4. The SMILES string of the molecule is CC[C@H]1OC(COC(C)=O)(OC)[C@@H](OC(C)=O)[C@@H]1OC(C)=O. The van der Waals surface area contributed by atoms with Gasteiger partial charge < -0.3 is 23.7 Å². The summed E-state index contributed by atoms with van der Waals surface area (Å²) in [5.74, 6) is -3.18. The highest BCUT2D eigenvalue weighted by molar-refractivity contribution is 5.68. The second kappa shape index (κ2) is 7.55. The number of hydrogen-bond acceptors (Lipinski definition) is 8. The van der Waals surface area contributed by atoms with Gasteiger partial charge in [-0.2, -0.15) is 0 Å². The normalized spacial score (nSPS) is 30.7. The lowest BCUT2D eigenvalue weighted by Crippen LogP contribution is -2.51. The molecule has 1 fully saturated rings. The Hall–Kier alpha value is -1.67. The van der Waals surface area contributed by atoms with Gasteiger partial charge in [0, 0.05) is 27.9 Å². The molecule has 0 aromatic heterocycles. The van der Waals surface area contributed by atoms with E-state index in [-0.39, 0.29) is 6.61 Å². The van der Waals surface area contributed by atoms with E-state index in [0.717, 1.165) is 0 Å². The lowest BCUT2D eigenvalue weighted by Gasteiger charge is -2.32. The van der Waals surface area contributed by atoms with E-state index >= 15 is 0 Å². The van der Waals surface area contributed by atoms with Crippen molar-refractivity contribution in [3.63, 3.8) is 0 Å². The molecule has 8 nitrogen and oxygen atoms in total. The van der Waals surface area contributed by atoms with Gasteiger partial charge in [-0.3, -0.25) is 14.4 Å². The molecule has 0 saturated carbocycles. The van der Waals surface area contributed by atoms with Crippen LogP contribution < -0.4 is 0 Å². The molecule has 1 saturated heterocycles. The Balaban J connectivity index is 3.12. The van der Waals surface area contributed by atoms with E-state index in [9.17, 15) is 14.4 Å². The third-order valence-corrected chi connectivity index (χ3v) is 3.27. The van der Waals surface area contributed by atoms with Gasteiger partial charge in [0.2, 0.25) is 5.79 Å². The van der Waals surface area contributed by atoms with E-state index in [1.807, 2.05) is 6.92 Å². The van der Waals surface area contributed by atoms with Crippen molar-refractivity contribution in [3.8, 4) is 0 Å². The number of carbonyl (C=O) groups excluding carboxylic acids is 3. The third kappa shape index (κ3) is 4.17. The van der Waals surface area contributed by atoms with Crippen LogP contribution in [0.1, 0.15) is 34.1 Å². The monoisotopic (exact) mass is 318 g/mol. The molecule has 4 atom stereocenters. The number of hydrogen-bond donors (Lipinski definition) is 0. The Kier molecular flexibility index (Phi) is 6.31. The van der Waals surface area contributed by atoms with Crippen LogP contribution in [0.25, 0.3) is 0 Å². The van der Waals surface area contributed by atoms with Crippen LogP contribution in [0.3, 0.4) is 0 Å². The molecule has 0 bridgehead atoms. The molecule has 0 aromatic rings. The van der Waals surface area contributed by atoms with Gasteiger partial charge in [0.25, 0.3) is 0 Å². The summed E-state index contributed by atoms with van der Waals surface area (Å²) in [6.45, 7) is 5.24. The molecule has 8 heteroatoms. The maximum atomic E-state index is 11.4. The molecular weight excluding hydrogens is 296 g/mol. The lowest BCUT2D eigenvalue weighted by atomic mass is 10.0. The van der Waals surface area contributed by atoms with E-state index in [2.05, 4.69) is 0 Å². The first kappa shape index (κ1) is 18.4. The van der Waals surface area contributed by atoms with Gasteiger partial charge >= 0.3 is 17.9 Å². The van der Waals surface area contributed by atoms with E-state index in [1.54, 1.807) is 0 Å². The number of rotatable bonds is 6. The van der Waals surface area contributed by atoms with Crippen LogP contribution in [0.15, 0.2) is 0 Å². The van der Waals surface area contributed by atoms with Crippen molar-refractivity contribution in [2.24, 2.45) is 0 Å². The molecule has 0 aromatic carbocycles. The maximum absolute atomic E-state index is 11.4. The first-order valence-corrected chi connectivity index (χ1v) is 6.96. The Labute approximate surface area is 129 Å². The molecule has 0 spiro atoms. The van der Waals surface area contributed by atoms with Gasteiger partial charge in [-0.1, -0.05) is 6.92 Å². The molecule has 1 aliphatic rings. The first-order valence-electron chi connectivity index (χ1n) is 6.96. The predicted octanol–water partition coefficient (Wildman–Crippen LogP) is 0.564. The minimum Gasteiger partial charge on any atom is -0.460 e. The van der Waals surface area contributed by atoms with Crippen molar-refractivity contribution in [2.45, 2.75) is 58.2 Å². The number of esters is 3. The highest BCUT2D eigenvalue weighted by Crippen LogP contribution is 2.38. The summed E-state index contributed by atoms with van der Waals surface area (Å²) >= 11 is 0. The molecular formula is C14H22O8. The van der Waals surface area contributed by atoms with Crippen LogP contribution in [-0.2, 0) is 38.1 Å². The van der Waals surface area contributed by atoms with Crippen LogP contribution in [0.5, 0.6) is 0 Å². The molecule has 126 valence electrons. The van der Waals surface area contributed by atoms with Crippen LogP contribution >= 0.6 is 0 Å². The maximum Gasteiger partial charge on any atom is 0.303 e. The summed E-state index contributed by atoms with van der Waals surface area (Å²) in [5, 5.41) is 0. The average molecular weight is 318 g/mol. The molecule has 0 aliphatic carbocycles. The molecule has 1 unspecified atom stereocenters. The fourth-order valence-electron chi connectivity index (χ4n) is 2.36. The number of methoxy groups -OCH3 is 1. The van der Waals surface area contributed by atoms with Gasteiger partial charge in [0.05, 0.1) is 0 Å². The third-order valence-electron chi connectivity index (χ3n) is 3.27. The Morgan fingerprint density at radius 2 is 1.64 bits per heavy atom. The molecule has 0 amide bonds. The quantitative estimate of drug-likeness (QED) is 0.518. The van der Waals surface area contributed by atoms with Gasteiger partial charge in [-0.25, -0.2) is 0 Å². The molecule has 1 rings (SSSR count). The average Bonchev–Trinajstić information content (AvgIpc) is 2.70. The van der Waals surface area contributed by atoms with Crippen molar-refractivity contribution in [1.82, 2.24) is 0 Å². The summed E-state index contributed by atoms with van der Waals surface area (Å²) in [4.78, 5) is 33.8. The van der Waals surface area contributed by atoms with Gasteiger partial charge in [0.15, 0.2) is 12.2 Å². The highest BCUT2D eigenvalue weighted by atomic mass is 16.8. The largest absolute Gasteiger partial charge is 0.460 e. The van der Waals surface area contributed by atoms with Crippen molar-refractivity contribution in [3.05, 3.63) is 0 Å². The lowest BCUT2D eigenvalue weighted by molar-refractivity contribution is -0.268. The van der Waals surface area contributed by atoms with Gasteiger partial charge in [0.1, 0.15) is 12.7 Å². The Bertz CT molecular complexity index is 435. The summed E-state index contributed by atoms with van der Waals surface area (Å²) in [5.41, 5.74) is 0. The van der Waals surface area contributed by atoms with Crippen molar-refractivity contribution in [2.75, 3.05) is 13.7 Å². The summed E-state index contributed by atoms with van der Waals surface area (Å²) < 4.78 is 26.5. The summed E-state index contributed by atoms with van der Waals surface area (Å²) in [7, 11) is 1.34. The van der Waals surface area contributed by atoms with Crippen LogP contribution in [0.2, 0.25) is 0 Å². The van der Waals surface area contributed by atoms with Crippen LogP contribution in [0.4, 0.5) is 0 Å². The van der Waals surface area contributed by atoms with E-state index in [1.165, 1.54) is 27.9 Å². The highest BCUT2D eigenvalue weighted by Gasteiger charge is 2.60. The molecule has 22 heavy (non-hydrogen) atoms. The predicted molar refractivity (Wildman–Crippen MR) is 72.6 cm³/mol. The smallest absolute Gasteiger partial charge is 0.303 e. The number of ether oxygens (including phenoxy) is 5. The topological polar surface area (TPSA) is 97.4 Å². The van der Waals surface area contributed by atoms with Crippen molar-refractivity contribution < 1.29 is 38.1 Å². The molecule has 0 radical (unpaired) electrons. The molecule has 1 heterocycles. The van der Waals surface area contributed by atoms with Crippen molar-refractivity contribution in [1.29, 1.82) is 0 Å². The zero-order valence-corrected chi connectivity index (χ0v) is 13.4. The second-order valence-corrected chi connectivity index (χ2v) is 4.96. The van der Waals surface area contributed by atoms with E-state index in [0.29, 0.717) is 6.42 Å². The minimum atomic E-state index is -1.52. The van der Waals surface area contributed by atoms with Crippen molar-refractivity contribution >= 4 is 17.9 Å². The standard InChI is InChI=1S/C14H22O8/c1-6-11-12(20-9(3)16)13(21-10(4)17)14(18-5,22-11)7-19-8(2)15/h11-13H,6-7H2,1-5H3/t11-,12-,13+,14?/m1/s1. The summed E-state index contributed by atoms with van der Waals surface area (Å²) in [6, 6.07) is 0. The van der Waals surface area contributed by atoms with Crippen LogP contribution in [0, 0.1) is 0 Å².